The van der Waals surface area contributed by atoms with Gasteiger partial charge in [0.25, 0.3) is 10.1 Å². The van der Waals surface area contributed by atoms with Crippen LogP contribution in [-0.2, 0) is 14.9 Å². The van der Waals surface area contributed by atoms with E-state index in [2.05, 4.69) is 48.8 Å². The number of nitrogens with two attached hydrogens (primary N) is 1. The molecule has 0 rings (SSSR count). The van der Waals surface area contributed by atoms with Crippen LogP contribution >= 0.6 is 0 Å². The topological polar surface area (TPSA) is 223 Å². The second-order valence-corrected chi connectivity index (χ2v) is 17.1. The van der Waals surface area contributed by atoms with E-state index in [0.29, 0.717) is 0 Å². The summed E-state index contributed by atoms with van der Waals surface area (Å²) in [7, 11) is -4.27. The molecule has 0 radical (unpaired) electrons. The Morgan fingerprint density at radius 2 is 0.759 bits per heavy atom. The Hall–Kier alpha value is -1.42. The van der Waals surface area contributed by atoms with E-state index in [1.54, 1.807) is 0 Å². The van der Waals surface area contributed by atoms with Gasteiger partial charge in [0, 0.05) is 13.1 Å². The first-order chi connectivity index (χ1) is 27.9. The number of aliphatic hydroxyl groups excluding tert-OH is 2. The third-order valence-corrected chi connectivity index (χ3v) is 10.4. The molecule has 0 heterocycles. The highest BCUT2D eigenvalue weighted by atomic mass is 32.2. The molecular weight excluding hydrogens is 759 g/mol. The molecule has 0 fully saturated rings. The van der Waals surface area contributed by atoms with Crippen molar-refractivity contribution in [2.45, 2.75) is 225 Å². The molecule has 348 valence electrons. The van der Waals surface area contributed by atoms with Gasteiger partial charge in [-0.3, -0.25) is 9.35 Å². The molecule has 0 amide bonds. The van der Waals surface area contributed by atoms with Gasteiger partial charge in [0.1, 0.15) is 11.8 Å². The van der Waals surface area contributed by atoms with Gasteiger partial charge in [-0.2, -0.15) is 8.42 Å². The number of aliphatic carboxylic acids is 1. The van der Waals surface area contributed by atoms with Crippen LogP contribution in [-0.4, -0.2) is 95.0 Å². The number of aliphatic hydroxyl groups is 4. The van der Waals surface area contributed by atoms with Gasteiger partial charge in [-0.25, -0.2) is 0 Å². The Bertz CT molecular complexity index is 930. The van der Waals surface area contributed by atoms with E-state index in [4.69, 9.17) is 35.8 Å². The fraction of sp³-hybridized carbons (Fsp3) is 0.889. The van der Waals surface area contributed by atoms with Crippen molar-refractivity contribution in [1.82, 2.24) is 10.6 Å². The zero-order chi connectivity index (χ0) is 43.8. The zero-order valence-electron chi connectivity index (χ0n) is 37.2. The first kappa shape index (κ1) is 60.9. The second kappa shape index (κ2) is 49.9. The van der Waals surface area contributed by atoms with Crippen LogP contribution in [0.5, 0.6) is 0 Å². The molecule has 0 aromatic carbocycles. The van der Waals surface area contributed by atoms with Crippen LogP contribution in [0.3, 0.4) is 0 Å². The molecule has 0 unspecified atom stereocenters. The number of nitrogens with one attached hydrogen (secondary N) is 2. The van der Waals surface area contributed by atoms with Crippen LogP contribution < -0.4 is 16.4 Å². The summed E-state index contributed by atoms with van der Waals surface area (Å²) in [6.07, 6.45) is 47.0. The molecule has 0 aromatic rings. The number of carboxylic acid groups (broad SMARTS) is 1. The number of allylic oxidation sites excluding steroid dienone is 4. The number of hydrogen-bond acceptors (Lipinski definition) is 10. The second-order valence-electron chi connectivity index (χ2n) is 15.6. The van der Waals surface area contributed by atoms with Crippen LogP contribution in [0.4, 0.5) is 0 Å². The lowest BCUT2D eigenvalue weighted by Crippen LogP contribution is -2.36. The maximum atomic E-state index is 9.96. The van der Waals surface area contributed by atoms with Crippen LogP contribution in [0.15, 0.2) is 24.3 Å². The molecule has 1 atom stereocenters. The standard InChI is InChI=1S/2C21H43NO2.C3H7NO5S/c2*1-2-3-4-5-6-7-8-9-10-11-12-13-14-15-16-17-18-19-22-20-21(23)24;4-2(3(5)6)1-10(7,8)9/h2*9-10,21-24H,2-8,11-20H2,1H3;2H,1,4H2,(H,5,6)(H,7,8,9)/b2*10-9-;/t;;2-/m..1/s1. The Kier molecular flexibility index (Phi) is 52.4. The lowest BCUT2D eigenvalue weighted by molar-refractivity contribution is -0.138. The molecule has 10 N–H and O–H groups in total. The Balaban J connectivity index is -0.000000847. The summed E-state index contributed by atoms with van der Waals surface area (Å²) < 4.78 is 28.0. The van der Waals surface area contributed by atoms with Gasteiger partial charge in [-0.1, -0.05) is 167 Å². The fourth-order valence-corrected chi connectivity index (χ4v) is 6.71. The Morgan fingerprint density at radius 1 is 0.500 bits per heavy atom. The molecule has 0 aliphatic rings. The normalized spacial score (nSPS) is 12.3. The first-order valence-electron chi connectivity index (χ1n) is 23.2. The van der Waals surface area contributed by atoms with Crippen LogP contribution in [0.1, 0.15) is 206 Å². The Morgan fingerprint density at radius 3 is 0.983 bits per heavy atom. The molecule has 0 aromatic heterocycles. The molecule has 0 aliphatic carbocycles. The number of carboxylic acids is 1. The minimum absolute atomic E-state index is 0.284. The summed E-state index contributed by atoms with van der Waals surface area (Å²) in [5.74, 6) is -2.42. The third kappa shape index (κ3) is 63.7. The lowest BCUT2D eigenvalue weighted by Gasteiger charge is -2.05. The SMILES string of the molecule is CCCCCCCC/C=C\CCCCCCCCCNCC(O)O.CCCCCCCC/C=C\CCCCCCCCCNCC(O)O.N[C@H](CS(=O)(=O)O)C(=O)O. The molecule has 0 aliphatic heterocycles. The zero-order valence-corrected chi connectivity index (χ0v) is 38.0. The van der Waals surface area contributed by atoms with Gasteiger partial charge in [0.05, 0.1) is 0 Å². The van der Waals surface area contributed by atoms with Crippen LogP contribution in [0.25, 0.3) is 0 Å². The van der Waals surface area contributed by atoms with Gasteiger partial charge in [-0.15, -0.1) is 0 Å². The largest absolute Gasteiger partial charge is 0.480 e. The van der Waals surface area contributed by atoms with Gasteiger partial charge in [0.2, 0.25) is 0 Å². The maximum Gasteiger partial charge on any atom is 0.321 e. The van der Waals surface area contributed by atoms with Crippen molar-refractivity contribution in [1.29, 1.82) is 0 Å². The minimum atomic E-state index is -4.27. The number of hydrogen-bond donors (Lipinski definition) is 9. The summed E-state index contributed by atoms with van der Waals surface area (Å²) in [6.45, 7) is 6.89. The Labute approximate surface area is 356 Å². The highest BCUT2D eigenvalue weighted by Gasteiger charge is 2.18. The quantitative estimate of drug-likeness (QED) is 0.0122. The van der Waals surface area contributed by atoms with Gasteiger partial charge >= 0.3 is 5.97 Å². The van der Waals surface area contributed by atoms with Crippen molar-refractivity contribution in [3.05, 3.63) is 24.3 Å². The van der Waals surface area contributed by atoms with Gasteiger partial charge in [-0.05, 0) is 77.3 Å². The summed E-state index contributed by atoms with van der Waals surface area (Å²) >= 11 is 0. The molecule has 0 saturated carbocycles. The number of unbranched alkanes of at least 4 members (excludes halogenated alkanes) is 26. The summed E-state index contributed by atoms with van der Waals surface area (Å²) in [5, 5.41) is 48.8. The van der Waals surface area contributed by atoms with Crippen molar-refractivity contribution in [3.63, 3.8) is 0 Å². The molecule has 0 spiro atoms. The first-order valence-corrected chi connectivity index (χ1v) is 24.8. The van der Waals surface area contributed by atoms with Gasteiger partial charge in [0.15, 0.2) is 12.6 Å². The fourth-order valence-electron chi connectivity index (χ4n) is 6.11. The molecule has 0 saturated heterocycles. The summed E-state index contributed by atoms with van der Waals surface area (Å²) in [4.78, 5) is 9.88. The highest BCUT2D eigenvalue weighted by molar-refractivity contribution is 7.85. The lowest BCUT2D eigenvalue weighted by atomic mass is 10.1. The highest BCUT2D eigenvalue weighted by Crippen LogP contribution is 2.12. The van der Waals surface area contributed by atoms with E-state index >= 15 is 0 Å². The average molecular weight is 852 g/mol. The molecule has 13 heteroatoms. The van der Waals surface area contributed by atoms with Crippen molar-refractivity contribution >= 4 is 16.1 Å². The molecule has 0 bridgehead atoms. The molecule has 58 heavy (non-hydrogen) atoms. The van der Waals surface area contributed by atoms with Crippen molar-refractivity contribution in [2.24, 2.45) is 5.73 Å². The van der Waals surface area contributed by atoms with Crippen molar-refractivity contribution < 1.29 is 43.3 Å². The number of carbonyl (C=O) groups is 1. The van der Waals surface area contributed by atoms with Gasteiger partial charge < -0.3 is 41.9 Å². The van der Waals surface area contributed by atoms with E-state index in [-0.39, 0.29) is 13.1 Å². The minimum Gasteiger partial charge on any atom is -0.480 e. The predicted octanol–water partition coefficient (Wildman–Crippen LogP) is 8.91. The van der Waals surface area contributed by atoms with Crippen molar-refractivity contribution in [3.8, 4) is 0 Å². The van der Waals surface area contributed by atoms with E-state index in [1.807, 2.05) is 0 Å². The average Bonchev–Trinajstić information content (AvgIpc) is 3.16. The molecular formula is C45H93N3O9S. The van der Waals surface area contributed by atoms with E-state index < -0.39 is 40.5 Å². The maximum absolute atomic E-state index is 9.96. The van der Waals surface area contributed by atoms with E-state index in [1.165, 1.54) is 180 Å². The molecule has 12 nitrogen and oxygen atoms in total. The third-order valence-electron chi connectivity index (χ3n) is 9.59. The summed E-state index contributed by atoms with van der Waals surface area (Å²) in [6, 6.07) is -1.56. The van der Waals surface area contributed by atoms with E-state index in [9.17, 15) is 13.2 Å². The van der Waals surface area contributed by atoms with E-state index in [0.717, 1.165) is 25.9 Å². The van der Waals surface area contributed by atoms with Crippen LogP contribution in [0, 0.1) is 0 Å². The monoisotopic (exact) mass is 852 g/mol. The van der Waals surface area contributed by atoms with Crippen molar-refractivity contribution in [2.75, 3.05) is 31.9 Å². The predicted molar refractivity (Wildman–Crippen MR) is 242 cm³/mol. The summed E-state index contributed by atoms with van der Waals surface area (Å²) in [5.41, 5.74) is 4.76. The van der Waals surface area contributed by atoms with Crippen LogP contribution in [0.2, 0.25) is 0 Å². The number of rotatable bonds is 41. The smallest absolute Gasteiger partial charge is 0.321 e.